The average molecular weight is 366 g/mol. The van der Waals surface area contributed by atoms with Crippen LogP contribution >= 0.6 is 0 Å². The van der Waals surface area contributed by atoms with Crippen molar-refractivity contribution in [2.75, 3.05) is 12.4 Å². The second-order valence-corrected chi connectivity index (χ2v) is 6.21. The van der Waals surface area contributed by atoms with Gasteiger partial charge in [-0.05, 0) is 49.7 Å². The van der Waals surface area contributed by atoms with Gasteiger partial charge in [0.1, 0.15) is 6.04 Å². The van der Waals surface area contributed by atoms with E-state index in [1.54, 1.807) is 43.3 Å². The van der Waals surface area contributed by atoms with E-state index in [0.29, 0.717) is 27.9 Å². The normalized spacial score (nSPS) is 14.0. The molecular formula is C20H18N2O5. The van der Waals surface area contributed by atoms with Crippen molar-refractivity contribution in [2.45, 2.75) is 19.9 Å². The Kier molecular flexibility index (Phi) is 4.77. The first kappa shape index (κ1) is 18.3. The van der Waals surface area contributed by atoms with Crippen LogP contribution in [0.5, 0.6) is 0 Å². The van der Waals surface area contributed by atoms with E-state index in [1.165, 1.54) is 20.1 Å². The number of ether oxygens (including phenoxy) is 1. The van der Waals surface area contributed by atoms with Crippen molar-refractivity contribution in [1.82, 2.24) is 4.90 Å². The summed E-state index contributed by atoms with van der Waals surface area (Å²) in [6.07, 6.45) is 0. The predicted molar refractivity (Wildman–Crippen MR) is 97.6 cm³/mol. The van der Waals surface area contributed by atoms with Crippen LogP contribution in [0.2, 0.25) is 0 Å². The summed E-state index contributed by atoms with van der Waals surface area (Å²) in [4.78, 5) is 50.1. The van der Waals surface area contributed by atoms with E-state index in [1.807, 2.05) is 0 Å². The van der Waals surface area contributed by atoms with Gasteiger partial charge in [0.15, 0.2) is 0 Å². The minimum atomic E-state index is -0.989. The third-order valence-electron chi connectivity index (χ3n) is 4.50. The Balaban J connectivity index is 1.78. The molecular weight excluding hydrogens is 348 g/mol. The lowest BCUT2D eigenvalue weighted by Crippen LogP contribution is -2.45. The Morgan fingerprint density at radius 1 is 1.04 bits per heavy atom. The van der Waals surface area contributed by atoms with E-state index in [2.05, 4.69) is 10.1 Å². The standard InChI is InChI=1S/C20H18N2O5/c1-11-10-13(20(26)27-3)8-9-16(11)21-17(23)12(2)22-18(24)14-6-4-5-7-15(14)19(22)25/h4-10,12H,1-3H3,(H,21,23). The van der Waals surface area contributed by atoms with Crippen LogP contribution in [-0.2, 0) is 9.53 Å². The third-order valence-corrected chi connectivity index (χ3v) is 4.50. The number of carbonyl (C=O) groups is 4. The number of esters is 1. The average Bonchev–Trinajstić information content (AvgIpc) is 2.93. The molecule has 1 heterocycles. The molecule has 1 aliphatic rings. The van der Waals surface area contributed by atoms with Crippen LogP contribution in [0.3, 0.4) is 0 Å². The van der Waals surface area contributed by atoms with E-state index in [9.17, 15) is 19.2 Å². The first-order valence-electron chi connectivity index (χ1n) is 8.32. The van der Waals surface area contributed by atoms with E-state index in [-0.39, 0.29) is 0 Å². The number of benzene rings is 2. The highest BCUT2D eigenvalue weighted by atomic mass is 16.5. The number of nitrogens with one attached hydrogen (secondary N) is 1. The van der Waals surface area contributed by atoms with Crippen LogP contribution in [0.25, 0.3) is 0 Å². The minimum Gasteiger partial charge on any atom is -0.465 e. The maximum atomic E-state index is 12.6. The number of hydrogen-bond donors (Lipinski definition) is 1. The number of rotatable bonds is 4. The highest BCUT2D eigenvalue weighted by molar-refractivity contribution is 6.23. The van der Waals surface area contributed by atoms with Gasteiger partial charge in [-0.2, -0.15) is 0 Å². The molecule has 27 heavy (non-hydrogen) atoms. The molecule has 1 N–H and O–H groups in total. The van der Waals surface area contributed by atoms with Gasteiger partial charge in [-0.25, -0.2) is 4.79 Å². The van der Waals surface area contributed by atoms with E-state index in [0.717, 1.165) is 4.90 Å². The summed E-state index contributed by atoms with van der Waals surface area (Å²) in [5.74, 6) is -1.96. The Hall–Kier alpha value is -3.48. The SMILES string of the molecule is COC(=O)c1ccc(NC(=O)C(C)N2C(=O)c3ccccc3C2=O)c(C)c1. The number of nitrogens with zero attached hydrogens (tertiary/aromatic N) is 1. The number of amides is 3. The molecule has 0 saturated carbocycles. The highest BCUT2D eigenvalue weighted by Gasteiger charge is 2.40. The highest BCUT2D eigenvalue weighted by Crippen LogP contribution is 2.25. The lowest BCUT2D eigenvalue weighted by Gasteiger charge is -2.22. The number of anilines is 1. The van der Waals surface area contributed by atoms with Crippen molar-refractivity contribution in [1.29, 1.82) is 0 Å². The van der Waals surface area contributed by atoms with Crippen molar-refractivity contribution >= 4 is 29.4 Å². The lowest BCUT2D eigenvalue weighted by atomic mass is 10.1. The second-order valence-electron chi connectivity index (χ2n) is 6.21. The van der Waals surface area contributed by atoms with Crippen molar-refractivity contribution in [3.05, 3.63) is 64.7 Å². The fourth-order valence-electron chi connectivity index (χ4n) is 2.96. The number of carbonyl (C=O) groups excluding carboxylic acids is 4. The quantitative estimate of drug-likeness (QED) is 0.663. The molecule has 0 bridgehead atoms. The fraction of sp³-hybridized carbons (Fsp3) is 0.200. The van der Waals surface area contributed by atoms with Crippen LogP contribution < -0.4 is 5.32 Å². The summed E-state index contributed by atoms with van der Waals surface area (Å²) in [5.41, 5.74) is 2.08. The summed E-state index contributed by atoms with van der Waals surface area (Å²) in [6.45, 7) is 3.23. The van der Waals surface area contributed by atoms with Crippen molar-refractivity contribution in [3.8, 4) is 0 Å². The zero-order valence-electron chi connectivity index (χ0n) is 15.1. The first-order valence-corrected chi connectivity index (χ1v) is 8.32. The minimum absolute atomic E-state index is 0.292. The number of fused-ring (bicyclic) bond motifs is 1. The van der Waals surface area contributed by atoms with Crippen molar-refractivity contribution in [3.63, 3.8) is 0 Å². The number of aryl methyl sites for hydroxylation is 1. The molecule has 0 fully saturated rings. The summed E-state index contributed by atoms with van der Waals surface area (Å²) >= 11 is 0. The van der Waals surface area contributed by atoms with Gasteiger partial charge in [-0.1, -0.05) is 12.1 Å². The van der Waals surface area contributed by atoms with Gasteiger partial charge in [-0.3, -0.25) is 19.3 Å². The fourth-order valence-corrected chi connectivity index (χ4v) is 2.96. The van der Waals surface area contributed by atoms with Gasteiger partial charge >= 0.3 is 5.97 Å². The molecule has 0 radical (unpaired) electrons. The lowest BCUT2D eigenvalue weighted by molar-refractivity contribution is -0.119. The second kappa shape index (κ2) is 7.03. The van der Waals surface area contributed by atoms with E-state index in [4.69, 9.17) is 0 Å². The van der Waals surface area contributed by atoms with Gasteiger partial charge in [0, 0.05) is 5.69 Å². The molecule has 7 heteroatoms. The zero-order valence-corrected chi connectivity index (χ0v) is 15.1. The van der Waals surface area contributed by atoms with E-state index < -0.39 is 29.7 Å². The first-order chi connectivity index (χ1) is 12.8. The van der Waals surface area contributed by atoms with Crippen LogP contribution in [0.4, 0.5) is 5.69 Å². The molecule has 0 saturated heterocycles. The molecule has 0 spiro atoms. The van der Waals surface area contributed by atoms with Crippen molar-refractivity contribution in [2.24, 2.45) is 0 Å². The number of imide groups is 1. The number of hydrogen-bond acceptors (Lipinski definition) is 5. The van der Waals surface area contributed by atoms with Crippen LogP contribution in [-0.4, -0.2) is 41.7 Å². The van der Waals surface area contributed by atoms with Gasteiger partial charge < -0.3 is 10.1 Å². The largest absolute Gasteiger partial charge is 0.465 e. The summed E-state index contributed by atoms with van der Waals surface area (Å²) in [6, 6.07) is 10.2. The molecule has 3 rings (SSSR count). The number of methoxy groups -OCH3 is 1. The van der Waals surface area contributed by atoms with E-state index >= 15 is 0 Å². The molecule has 0 aromatic heterocycles. The van der Waals surface area contributed by atoms with Gasteiger partial charge in [0.25, 0.3) is 11.8 Å². The zero-order chi connectivity index (χ0) is 19.7. The van der Waals surface area contributed by atoms with Crippen molar-refractivity contribution < 1.29 is 23.9 Å². The van der Waals surface area contributed by atoms with Gasteiger partial charge in [0.05, 0.1) is 23.8 Å². The Morgan fingerprint density at radius 2 is 1.63 bits per heavy atom. The predicted octanol–water partition coefficient (Wildman–Crippen LogP) is 2.40. The maximum absolute atomic E-state index is 12.6. The molecule has 3 amide bonds. The third kappa shape index (κ3) is 3.19. The molecule has 0 aliphatic carbocycles. The molecule has 2 aromatic carbocycles. The van der Waals surface area contributed by atoms with Crippen LogP contribution in [0.15, 0.2) is 42.5 Å². The Bertz CT molecular complexity index is 932. The summed E-state index contributed by atoms with van der Waals surface area (Å²) < 4.78 is 4.66. The smallest absolute Gasteiger partial charge is 0.337 e. The molecule has 1 atom stereocenters. The van der Waals surface area contributed by atoms with Gasteiger partial charge in [0.2, 0.25) is 5.91 Å². The van der Waals surface area contributed by atoms with Crippen LogP contribution in [0.1, 0.15) is 43.6 Å². The molecule has 1 unspecified atom stereocenters. The molecule has 138 valence electrons. The Labute approximate surface area is 155 Å². The van der Waals surface area contributed by atoms with Crippen LogP contribution in [0, 0.1) is 6.92 Å². The maximum Gasteiger partial charge on any atom is 0.337 e. The topological polar surface area (TPSA) is 92.8 Å². The Morgan fingerprint density at radius 3 is 2.15 bits per heavy atom. The van der Waals surface area contributed by atoms with Gasteiger partial charge in [-0.15, -0.1) is 0 Å². The summed E-state index contributed by atoms with van der Waals surface area (Å²) in [5, 5.41) is 2.70. The molecule has 2 aromatic rings. The molecule has 7 nitrogen and oxygen atoms in total. The summed E-state index contributed by atoms with van der Waals surface area (Å²) in [7, 11) is 1.29. The molecule has 1 aliphatic heterocycles. The monoisotopic (exact) mass is 366 g/mol.